The molecule has 1 saturated heterocycles. The third-order valence-corrected chi connectivity index (χ3v) is 3.92. The largest absolute Gasteiger partial charge is 0.492 e. The van der Waals surface area contributed by atoms with Gasteiger partial charge >= 0.3 is 0 Å². The van der Waals surface area contributed by atoms with Crippen molar-refractivity contribution in [2.45, 2.75) is 26.0 Å². The molecule has 2 rings (SSSR count). The van der Waals surface area contributed by atoms with Crippen molar-refractivity contribution in [1.29, 1.82) is 0 Å². The molecule has 1 atom stereocenters. The third kappa shape index (κ3) is 3.25. The molecule has 0 radical (unpaired) electrons. The minimum Gasteiger partial charge on any atom is -0.492 e. The van der Waals surface area contributed by atoms with Gasteiger partial charge in [0, 0.05) is 32.3 Å². The topological polar surface area (TPSA) is 21.7 Å². The van der Waals surface area contributed by atoms with E-state index in [4.69, 9.17) is 9.47 Å². The van der Waals surface area contributed by atoms with Gasteiger partial charge in [0.25, 0.3) is 0 Å². The SMILES string of the molecule is CCOc1c(Br)cccc1CN1CC[C@H](OC)C1. The van der Waals surface area contributed by atoms with Crippen LogP contribution < -0.4 is 4.74 Å². The minimum absolute atomic E-state index is 0.382. The summed E-state index contributed by atoms with van der Waals surface area (Å²) in [6, 6.07) is 6.22. The van der Waals surface area contributed by atoms with E-state index in [-0.39, 0.29) is 0 Å². The number of nitrogens with zero attached hydrogens (tertiary/aromatic N) is 1. The molecule has 1 heterocycles. The first kappa shape index (κ1) is 13.8. The Balaban J connectivity index is 2.07. The number of ether oxygens (including phenoxy) is 2. The zero-order valence-corrected chi connectivity index (χ0v) is 12.6. The number of rotatable bonds is 5. The summed E-state index contributed by atoms with van der Waals surface area (Å²) >= 11 is 3.55. The fraction of sp³-hybridized carbons (Fsp3) is 0.571. The highest BCUT2D eigenvalue weighted by molar-refractivity contribution is 9.10. The normalized spacial score (nSPS) is 20.3. The zero-order chi connectivity index (χ0) is 13.0. The second-order valence-corrected chi connectivity index (χ2v) is 5.40. The van der Waals surface area contributed by atoms with Crippen LogP contribution in [0.5, 0.6) is 5.75 Å². The van der Waals surface area contributed by atoms with Crippen molar-refractivity contribution in [2.24, 2.45) is 0 Å². The molecule has 0 unspecified atom stereocenters. The van der Waals surface area contributed by atoms with E-state index in [0.29, 0.717) is 12.7 Å². The van der Waals surface area contributed by atoms with E-state index in [1.807, 2.05) is 13.0 Å². The molecule has 1 aromatic rings. The molecule has 0 aliphatic carbocycles. The molecule has 0 amide bonds. The summed E-state index contributed by atoms with van der Waals surface area (Å²) < 4.78 is 12.2. The van der Waals surface area contributed by atoms with Gasteiger partial charge in [-0.2, -0.15) is 0 Å². The van der Waals surface area contributed by atoms with Crippen LogP contribution in [0, 0.1) is 0 Å². The highest BCUT2D eigenvalue weighted by Crippen LogP contribution is 2.30. The lowest BCUT2D eigenvalue weighted by Gasteiger charge is -2.18. The van der Waals surface area contributed by atoms with E-state index in [1.54, 1.807) is 7.11 Å². The van der Waals surface area contributed by atoms with Gasteiger partial charge in [-0.1, -0.05) is 12.1 Å². The maximum Gasteiger partial charge on any atom is 0.137 e. The second-order valence-electron chi connectivity index (χ2n) is 4.54. The molecule has 1 aliphatic rings. The number of likely N-dealkylation sites (tertiary alicyclic amines) is 1. The average molecular weight is 314 g/mol. The summed E-state index contributed by atoms with van der Waals surface area (Å²) in [4.78, 5) is 2.42. The van der Waals surface area contributed by atoms with Gasteiger partial charge in [-0.25, -0.2) is 0 Å². The minimum atomic E-state index is 0.382. The molecular weight excluding hydrogens is 294 g/mol. The van der Waals surface area contributed by atoms with Gasteiger partial charge in [-0.05, 0) is 35.3 Å². The van der Waals surface area contributed by atoms with Crippen molar-refractivity contribution < 1.29 is 9.47 Å². The Labute approximate surface area is 117 Å². The van der Waals surface area contributed by atoms with Crippen LogP contribution in [0.2, 0.25) is 0 Å². The van der Waals surface area contributed by atoms with Crippen LogP contribution in [0.3, 0.4) is 0 Å². The number of para-hydroxylation sites is 1. The number of benzene rings is 1. The standard InChI is InChI=1S/C14H20BrNO2/c1-3-18-14-11(5-4-6-13(14)15)9-16-8-7-12(10-16)17-2/h4-6,12H,3,7-10H2,1-2H3/t12-/m0/s1. The van der Waals surface area contributed by atoms with E-state index in [0.717, 1.165) is 36.3 Å². The Kier molecular flexibility index (Phi) is 5.03. The highest BCUT2D eigenvalue weighted by Gasteiger charge is 2.23. The molecule has 1 aliphatic heterocycles. The Morgan fingerprint density at radius 1 is 1.44 bits per heavy atom. The van der Waals surface area contributed by atoms with E-state index in [2.05, 4.69) is 33.0 Å². The molecule has 0 spiro atoms. The van der Waals surface area contributed by atoms with E-state index in [1.165, 1.54) is 5.56 Å². The predicted molar refractivity (Wildman–Crippen MR) is 76.0 cm³/mol. The van der Waals surface area contributed by atoms with Crippen molar-refractivity contribution in [1.82, 2.24) is 4.90 Å². The molecule has 1 aromatic carbocycles. The van der Waals surface area contributed by atoms with Crippen LogP contribution in [-0.2, 0) is 11.3 Å². The Hall–Kier alpha value is -0.580. The van der Waals surface area contributed by atoms with Gasteiger partial charge in [0.05, 0.1) is 17.2 Å². The first-order valence-corrected chi connectivity index (χ1v) is 7.19. The van der Waals surface area contributed by atoms with Crippen LogP contribution >= 0.6 is 15.9 Å². The summed E-state index contributed by atoms with van der Waals surface area (Å²) in [6.45, 7) is 5.73. The molecule has 3 nitrogen and oxygen atoms in total. The van der Waals surface area contributed by atoms with Crippen molar-refractivity contribution in [3.63, 3.8) is 0 Å². The number of hydrogen-bond donors (Lipinski definition) is 0. The first-order chi connectivity index (χ1) is 8.74. The molecule has 100 valence electrons. The number of hydrogen-bond acceptors (Lipinski definition) is 3. The van der Waals surface area contributed by atoms with Gasteiger partial charge in [-0.15, -0.1) is 0 Å². The zero-order valence-electron chi connectivity index (χ0n) is 11.0. The van der Waals surface area contributed by atoms with Gasteiger partial charge in [0.1, 0.15) is 5.75 Å². The maximum absolute atomic E-state index is 5.73. The molecular formula is C14H20BrNO2. The van der Waals surface area contributed by atoms with Crippen LogP contribution in [0.15, 0.2) is 22.7 Å². The third-order valence-electron chi connectivity index (χ3n) is 3.29. The fourth-order valence-corrected chi connectivity index (χ4v) is 2.88. The lowest BCUT2D eigenvalue weighted by Crippen LogP contribution is -2.22. The molecule has 0 aromatic heterocycles. The van der Waals surface area contributed by atoms with Gasteiger partial charge in [0.15, 0.2) is 0 Å². The summed E-state index contributed by atoms with van der Waals surface area (Å²) in [5.74, 6) is 0.973. The Morgan fingerprint density at radius 2 is 2.28 bits per heavy atom. The molecule has 4 heteroatoms. The summed E-state index contributed by atoms with van der Waals surface area (Å²) in [5.41, 5.74) is 1.24. The van der Waals surface area contributed by atoms with Crippen molar-refractivity contribution in [3.8, 4) is 5.75 Å². The molecule has 1 fully saturated rings. The van der Waals surface area contributed by atoms with Crippen molar-refractivity contribution >= 4 is 15.9 Å². The average Bonchev–Trinajstić information content (AvgIpc) is 2.81. The van der Waals surface area contributed by atoms with Crippen molar-refractivity contribution in [2.75, 3.05) is 26.8 Å². The second kappa shape index (κ2) is 6.55. The monoisotopic (exact) mass is 313 g/mol. The smallest absolute Gasteiger partial charge is 0.137 e. The van der Waals surface area contributed by atoms with Crippen LogP contribution in [0.25, 0.3) is 0 Å². The lowest BCUT2D eigenvalue weighted by molar-refractivity contribution is 0.107. The van der Waals surface area contributed by atoms with Crippen LogP contribution in [-0.4, -0.2) is 37.8 Å². The summed E-state index contributed by atoms with van der Waals surface area (Å²) in [5, 5.41) is 0. The quantitative estimate of drug-likeness (QED) is 0.834. The molecule has 0 N–H and O–H groups in total. The van der Waals surface area contributed by atoms with Gasteiger partial charge in [-0.3, -0.25) is 4.90 Å². The predicted octanol–water partition coefficient (Wildman–Crippen LogP) is 3.07. The summed E-state index contributed by atoms with van der Waals surface area (Å²) in [7, 11) is 1.79. The molecule has 0 bridgehead atoms. The first-order valence-electron chi connectivity index (χ1n) is 6.40. The van der Waals surface area contributed by atoms with Crippen LogP contribution in [0.1, 0.15) is 18.9 Å². The Morgan fingerprint density at radius 3 is 2.94 bits per heavy atom. The molecule has 18 heavy (non-hydrogen) atoms. The van der Waals surface area contributed by atoms with E-state index in [9.17, 15) is 0 Å². The Bertz CT molecular complexity index is 397. The fourth-order valence-electron chi connectivity index (χ4n) is 2.36. The lowest BCUT2D eigenvalue weighted by atomic mass is 10.2. The summed E-state index contributed by atoms with van der Waals surface area (Å²) in [6.07, 6.45) is 1.50. The van der Waals surface area contributed by atoms with Gasteiger partial charge < -0.3 is 9.47 Å². The number of methoxy groups -OCH3 is 1. The van der Waals surface area contributed by atoms with E-state index >= 15 is 0 Å². The number of halogens is 1. The van der Waals surface area contributed by atoms with Gasteiger partial charge in [0.2, 0.25) is 0 Å². The highest BCUT2D eigenvalue weighted by atomic mass is 79.9. The van der Waals surface area contributed by atoms with Crippen molar-refractivity contribution in [3.05, 3.63) is 28.2 Å². The van der Waals surface area contributed by atoms with E-state index < -0.39 is 0 Å². The molecule has 0 saturated carbocycles. The van der Waals surface area contributed by atoms with Crippen LogP contribution in [0.4, 0.5) is 0 Å². The maximum atomic E-state index is 5.73.